The molecule has 0 saturated carbocycles. The molecule has 0 unspecified atom stereocenters. The van der Waals surface area contributed by atoms with E-state index in [0.29, 0.717) is 0 Å². The van der Waals surface area contributed by atoms with Crippen LogP contribution in [0.2, 0.25) is 0 Å². The second-order valence-electron chi connectivity index (χ2n) is 0.258. The summed E-state index contributed by atoms with van der Waals surface area (Å²) in [5.41, 5.74) is 0. The van der Waals surface area contributed by atoms with Gasteiger partial charge in [-0.05, 0) is 0 Å². The zero-order valence-electron chi connectivity index (χ0n) is 3.81. The molecule has 0 spiro atoms. The van der Waals surface area contributed by atoms with E-state index in [1.807, 2.05) is 0 Å². The quantitative estimate of drug-likeness (QED) is 0.306. The topological polar surface area (TPSA) is 0 Å². The van der Waals surface area contributed by atoms with Crippen LogP contribution in [-0.2, 0) is 19.3 Å². The summed E-state index contributed by atoms with van der Waals surface area (Å²) in [5, 5.41) is 0. The molecular formula is AgF4K2. The van der Waals surface area contributed by atoms with Crippen molar-refractivity contribution in [1.82, 2.24) is 0 Å². The van der Waals surface area contributed by atoms with E-state index in [0.717, 1.165) is 0 Å². The van der Waals surface area contributed by atoms with Crippen LogP contribution in [0.1, 0.15) is 0 Å². The average molecular weight is 262 g/mol. The Morgan fingerprint density at radius 2 is 0.714 bits per heavy atom. The van der Waals surface area contributed by atoms with Crippen molar-refractivity contribution in [3.8, 4) is 0 Å². The van der Waals surface area contributed by atoms with Gasteiger partial charge in [0.2, 0.25) is 0 Å². The second kappa shape index (κ2) is 7.84. The Balaban J connectivity index is -0.0000000800. The van der Waals surface area contributed by atoms with Gasteiger partial charge in [0, 0.05) is 0 Å². The fraction of sp³-hybridized carbons (Fsp3) is 0. The minimum Gasteiger partial charge on any atom is 1.00 e. The summed E-state index contributed by atoms with van der Waals surface area (Å²) in [6.07, 6.45) is 0. The molecule has 0 heterocycles. The SMILES string of the molecule is [F][Ag-2]([F])([F])[F].[K+].[K+]. The molecule has 0 aromatic carbocycles. The van der Waals surface area contributed by atoms with E-state index in [2.05, 4.69) is 0 Å². The smallest absolute Gasteiger partial charge is 1.00 e. The first-order valence-electron chi connectivity index (χ1n) is 0.456. The molecule has 0 aliphatic heterocycles. The maximum atomic E-state index is 9.83. The Morgan fingerprint density at radius 3 is 0.714 bits per heavy atom. The minimum absolute atomic E-state index is 0. The van der Waals surface area contributed by atoms with E-state index >= 15 is 0 Å². The Hall–Kier alpha value is 3.73. The molecule has 7 heteroatoms. The first-order chi connectivity index (χ1) is 2.00. The van der Waals surface area contributed by atoms with Crippen molar-refractivity contribution in [2.24, 2.45) is 0 Å². The van der Waals surface area contributed by atoms with Crippen LogP contribution >= 0.6 is 0 Å². The van der Waals surface area contributed by atoms with E-state index in [4.69, 9.17) is 0 Å². The number of hydrogen-bond acceptors (Lipinski definition) is 0. The molecule has 0 radical (unpaired) electrons. The Labute approximate surface area is 130 Å². The van der Waals surface area contributed by atoms with Gasteiger partial charge < -0.3 is 0 Å². The largest absolute Gasteiger partial charge is 1.00 e. The first kappa shape index (κ1) is 17.0. The van der Waals surface area contributed by atoms with Crippen molar-refractivity contribution in [3.63, 3.8) is 0 Å². The van der Waals surface area contributed by atoms with Crippen molar-refractivity contribution >= 4 is 0 Å². The molecule has 0 atom stereocenters. The van der Waals surface area contributed by atoms with Gasteiger partial charge in [0.25, 0.3) is 0 Å². The predicted molar refractivity (Wildman–Crippen MR) is 4.43 cm³/mol. The third-order valence-electron chi connectivity index (χ3n) is 0. The van der Waals surface area contributed by atoms with E-state index in [1.54, 1.807) is 0 Å². The molecule has 0 aromatic heterocycles. The van der Waals surface area contributed by atoms with E-state index < -0.39 is 19.3 Å². The molecule has 0 bridgehead atoms. The Morgan fingerprint density at radius 1 is 0.714 bits per heavy atom. The van der Waals surface area contributed by atoms with Gasteiger partial charge >= 0.3 is 134 Å². The second-order valence-corrected chi connectivity index (χ2v) is 1.53. The van der Waals surface area contributed by atoms with Crippen LogP contribution in [0, 0.1) is 0 Å². The van der Waals surface area contributed by atoms with Gasteiger partial charge in [-0.3, -0.25) is 0 Å². The number of rotatable bonds is 0. The zero-order valence-corrected chi connectivity index (χ0v) is 11.5. The molecule has 7 heavy (non-hydrogen) atoms. The molecule has 0 nitrogen and oxygen atoms in total. The van der Waals surface area contributed by atoms with Crippen molar-refractivity contribution in [3.05, 3.63) is 0 Å². The number of hydrogen-bond donors (Lipinski definition) is 0. The first-order valence-corrected chi connectivity index (χ1v) is 2.70. The summed E-state index contributed by atoms with van der Waals surface area (Å²) in [6, 6.07) is 0. The van der Waals surface area contributed by atoms with Crippen molar-refractivity contribution in [2.75, 3.05) is 0 Å². The molecule has 0 aromatic rings. The van der Waals surface area contributed by atoms with Crippen molar-refractivity contribution < 1.29 is 134 Å². The van der Waals surface area contributed by atoms with Gasteiger partial charge in [-0.15, -0.1) is 0 Å². The molecule has 0 aliphatic carbocycles. The average Bonchev–Trinajstić information content (AvgIpc) is 0.722. The van der Waals surface area contributed by atoms with Gasteiger partial charge in [0.1, 0.15) is 0 Å². The van der Waals surface area contributed by atoms with Crippen LogP contribution in [0.3, 0.4) is 0 Å². The van der Waals surface area contributed by atoms with Gasteiger partial charge in [0.05, 0.1) is 0 Å². The molecule has 0 aliphatic rings. The standard InChI is InChI=1S/Ag.4FH.2K/h;4*1H;;/q+2;;;;;2*+1/p-4. The third-order valence-corrected chi connectivity index (χ3v) is 0. The van der Waals surface area contributed by atoms with Gasteiger partial charge in [-0.2, -0.15) is 0 Å². The van der Waals surface area contributed by atoms with E-state index in [-0.39, 0.29) is 103 Å². The van der Waals surface area contributed by atoms with Crippen LogP contribution < -0.4 is 103 Å². The summed E-state index contributed by atoms with van der Waals surface area (Å²) in [5.74, 6) is 0. The molecule has 0 fully saturated rings. The van der Waals surface area contributed by atoms with Crippen LogP contribution in [0.4, 0.5) is 12.1 Å². The molecule has 0 N–H and O–H groups in total. The van der Waals surface area contributed by atoms with Crippen molar-refractivity contribution in [2.45, 2.75) is 0 Å². The molecular weight excluding hydrogens is 262 g/mol. The maximum Gasteiger partial charge on any atom is 1.00 e. The molecule has 0 rings (SSSR count). The summed E-state index contributed by atoms with van der Waals surface area (Å²) in [6.45, 7) is 0. The van der Waals surface area contributed by atoms with Crippen LogP contribution in [-0.4, -0.2) is 0 Å². The van der Waals surface area contributed by atoms with Gasteiger partial charge in [-0.1, -0.05) is 0 Å². The molecule has 41 valence electrons. The number of halogens is 4. The third kappa shape index (κ3) is 41.8. The van der Waals surface area contributed by atoms with Crippen LogP contribution in [0.25, 0.3) is 0 Å². The zero-order chi connectivity index (χ0) is 4.50. The summed E-state index contributed by atoms with van der Waals surface area (Å²) in [7, 11) is 0. The normalized spacial score (nSPS) is 10.9. The summed E-state index contributed by atoms with van der Waals surface area (Å²) >= 11 is -6.62. The Kier molecular flexibility index (Phi) is 19.0. The monoisotopic (exact) mass is 261 g/mol. The van der Waals surface area contributed by atoms with Gasteiger partial charge in [-0.25, -0.2) is 0 Å². The predicted octanol–water partition coefficient (Wildman–Crippen LogP) is -4.31. The van der Waals surface area contributed by atoms with Gasteiger partial charge in [0.15, 0.2) is 0 Å². The Bertz CT molecular complexity index is 25.2. The van der Waals surface area contributed by atoms with Crippen molar-refractivity contribution in [1.29, 1.82) is 0 Å². The molecule has 0 amide bonds. The molecule has 0 saturated heterocycles. The summed E-state index contributed by atoms with van der Waals surface area (Å²) < 4.78 is 39.3. The summed E-state index contributed by atoms with van der Waals surface area (Å²) in [4.78, 5) is 0. The fourth-order valence-electron chi connectivity index (χ4n) is 0. The van der Waals surface area contributed by atoms with E-state index in [9.17, 15) is 12.1 Å². The van der Waals surface area contributed by atoms with Crippen LogP contribution in [0.15, 0.2) is 0 Å². The minimum atomic E-state index is -6.62. The fourth-order valence-corrected chi connectivity index (χ4v) is 0. The van der Waals surface area contributed by atoms with Crippen LogP contribution in [0.5, 0.6) is 0 Å². The maximum absolute atomic E-state index is 9.83. The van der Waals surface area contributed by atoms with E-state index in [1.165, 1.54) is 0 Å².